The van der Waals surface area contributed by atoms with Crippen molar-refractivity contribution in [3.05, 3.63) is 76.3 Å². The summed E-state index contributed by atoms with van der Waals surface area (Å²) in [5.74, 6) is -1.21. The maximum atomic E-state index is 12.5. The first-order valence-corrected chi connectivity index (χ1v) is 8.03. The van der Waals surface area contributed by atoms with E-state index < -0.39 is 11.8 Å². The molecule has 7 heteroatoms. The second-order valence-corrected chi connectivity index (χ2v) is 6.05. The maximum absolute atomic E-state index is 12.5. The monoisotopic (exact) mass is 359 g/mol. The lowest BCUT2D eigenvalue weighted by molar-refractivity contribution is 0.0994. The van der Waals surface area contributed by atoms with E-state index in [0.29, 0.717) is 39.2 Å². The van der Waals surface area contributed by atoms with Crippen molar-refractivity contribution in [2.45, 2.75) is 0 Å². The van der Waals surface area contributed by atoms with Crippen molar-refractivity contribution in [1.29, 1.82) is 0 Å². The van der Waals surface area contributed by atoms with E-state index in [1.54, 1.807) is 48.5 Å². The standard InChI is InChI=1S/C20H13N3O4/c21-18(25)13-7-5-12(6-8-13)17-15-14(19(26)23-17)16(22-20(15)27)11-3-1-10(9-24)2-4-11/h1-9,23,26H,(H2,21,25). The van der Waals surface area contributed by atoms with Crippen LogP contribution >= 0.6 is 0 Å². The number of rotatable bonds is 4. The molecule has 1 aliphatic heterocycles. The molecule has 1 aromatic heterocycles. The summed E-state index contributed by atoms with van der Waals surface area (Å²) < 4.78 is 0. The topological polar surface area (TPSA) is 126 Å². The SMILES string of the molecule is NC(=O)c1ccc(-c2[nH]c(O)c3c2C(=O)N=C3c2ccc(C=O)cc2)cc1. The number of hydrogen-bond acceptors (Lipinski definition) is 4. The van der Waals surface area contributed by atoms with Crippen molar-refractivity contribution < 1.29 is 19.5 Å². The fraction of sp³-hybridized carbons (Fsp3) is 0. The number of carbonyl (C=O) groups is 3. The number of nitrogens with one attached hydrogen (secondary N) is 1. The van der Waals surface area contributed by atoms with E-state index in [0.717, 1.165) is 6.29 Å². The molecule has 4 N–H and O–H groups in total. The number of aliphatic imine (C=N–C) groups is 1. The van der Waals surface area contributed by atoms with Gasteiger partial charge in [0.25, 0.3) is 5.91 Å². The van der Waals surface area contributed by atoms with Crippen molar-refractivity contribution >= 4 is 23.8 Å². The Hall–Kier alpha value is -4.00. The molecule has 0 aliphatic carbocycles. The van der Waals surface area contributed by atoms with Crippen molar-refractivity contribution in [1.82, 2.24) is 4.98 Å². The Labute approximate surface area is 153 Å². The average molecular weight is 359 g/mol. The Kier molecular flexibility index (Phi) is 3.70. The van der Waals surface area contributed by atoms with Gasteiger partial charge >= 0.3 is 0 Å². The van der Waals surface area contributed by atoms with Crippen molar-refractivity contribution in [2.75, 3.05) is 0 Å². The van der Waals surface area contributed by atoms with E-state index in [9.17, 15) is 19.5 Å². The zero-order valence-corrected chi connectivity index (χ0v) is 13.9. The minimum atomic E-state index is -0.554. The van der Waals surface area contributed by atoms with Gasteiger partial charge in [0, 0.05) is 16.7 Å². The molecule has 0 atom stereocenters. The Balaban J connectivity index is 1.80. The van der Waals surface area contributed by atoms with Crippen molar-refractivity contribution in [3.8, 4) is 17.1 Å². The van der Waals surface area contributed by atoms with Gasteiger partial charge in [-0.2, -0.15) is 0 Å². The van der Waals surface area contributed by atoms with Gasteiger partial charge in [-0.15, -0.1) is 0 Å². The van der Waals surface area contributed by atoms with E-state index in [2.05, 4.69) is 9.98 Å². The molecule has 2 amide bonds. The molecule has 0 bridgehead atoms. The summed E-state index contributed by atoms with van der Waals surface area (Å²) >= 11 is 0. The Morgan fingerprint density at radius 2 is 1.63 bits per heavy atom. The number of aromatic amines is 1. The smallest absolute Gasteiger partial charge is 0.280 e. The van der Waals surface area contributed by atoms with Crippen molar-refractivity contribution in [3.63, 3.8) is 0 Å². The molecule has 0 radical (unpaired) electrons. The third-order valence-corrected chi connectivity index (χ3v) is 4.42. The molecule has 0 spiro atoms. The predicted molar refractivity (Wildman–Crippen MR) is 98.2 cm³/mol. The summed E-state index contributed by atoms with van der Waals surface area (Å²) in [5.41, 5.74) is 8.61. The number of hydrogen-bond donors (Lipinski definition) is 3. The van der Waals surface area contributed by atoms with Gasteiger partial charge in [-0.1, -0.05) is 36.4 Å². The minimum Gasteiger partial charge on any atom is -0.494 e. The van der Waals surface area contributed by atoms with E-state index in [4.69, 9.17) is 5.73 Å². The van der Waals surface area contributed by atoms with Crippen LogP contribution < -0.4 is 5.73 Å². The van der Waals surface area contributed by atoms with E-state index in [-0.39, 0.29) is 11.4 Å². The van der Waals surface area contributed by atoms with E-state index >= 15 is 0 Å². The molecular formula is C20H13N3O4. The molecule has 27 heavy (non-hydrogen) atoms. The number of fused-ring (bicyclic) bond motifs is 1. The highest BCUT2D eigenvalue weighted by Gasteiger charge is 2.33. The third-order valence-electron chi connectivity index (χ3n) is 4.42. The van der Waals surface area contributed by atoms with Gasteiger partial charge in [-0.25, -0.2) is 4.99 Å². The number of aromatic hydroxyl groups is 1. The number of benzene rings is 2. The Morgan fingerprint density at radius 1 is 1.00 bits per heavy atom. The summed E-state index contributed by atoms with van der Waals surface area (Å²) in [6.07, 6.45) is 0.721. The molecule has 0 unspecified atom stereocenters. The van der Waals surface area contributed by atoms with Crippen LogP contribution in [0.4, 0.5) is 0 Å². The summed E-state index contributed by atoms with van der Waals surface area (Å²) in [4.78, 5) is 41.4. The first-order valence-electron chi connectivity index (χ1n) is 8.03. The van der Waals surface area contributed by atoms with Crippen LogP contribution in [-0.4, -0.2) is 33.9 Å². The minimum absolute atomic E-state index is 0.178. The van der Waals surface area contributed by atoms with Gasteiger partial charge in [-0.3, -0.25) is 14.4 Å². The first-order chi connectivity index (χ1) is 13.0. The number of nitrogens with two attached hydrogens (primary N) is 1. The van der Waals surface area contributed by atoms with Crippen LogP contribution in [0.5, 0.6) is 5.88 Å². The quantitative estimate of drug-likeness (QED) is 0.618. The molecule has 1 aliphatic rings. The third kappa shape index (κ3) is 2.62. The van der Waals surface area contributed by atoms with Crippen LogP contribution in [0.1, 0.15) is 42.2 Å². The molecule has 2 heterocycles. The summed E-state index contributed by atoms with van der Waals surface area (Å²) in [6.45, 7) is 0. The van der Waals surface area contributed by atoms with Crippen LogP contribution in [0.15, 0.2) is 53.5 Å². The highest BCUT2D eigenvalue weighted by molar-refractivity contribution is 6.30. The number of amides is 2. The van der Waals surface area contributed by atoms with Gasteiger partial charge in [0.15, 0.2) is 5.88 Å². The van der Waals surface area contributed by atoms with Gasteiger partial charge < -0.3 is 15.8 Å². The molecule has 0 saturated heterocycles. The zero-order chi connectivity index (χ0) is 19.1. The molecule has 0 fully saturated rings. The zero-order valence-electron chi connectivity index (χ0n) is 13.9. The van der Waals surface area contributed by atoms with Crippen LogP contribution in [0, 0.1) is 0 Å². The number of aromatic nitrogens is 1. The van der Waals surface area contributed by atoms with Crippen LogP contribution in [0.2, 0.25) is 0 Å². The molecule has 7 nitrogen and oxygen atoms in total. The fourth-order valence-corrected chi connectivity index (χ4v) is 3.09. The van der Waals surface area contributed by atoms with Gasteiger partial charge in [0.1, 0.15) is 6.29 Å². The molecule has 132 valence electrons. The molecule has 4 rings (SSSR count). The number of primary amides is 1. The normalized spacial score (nSPS) is 12.6. The fourth-order valence-electron chi connectivity index (χ4n) is 3.09. The van der Waals surface area contributed by atoms with Crippen LogP contribution in [0.3, 0.4) is 0 Å². The number of H-pyrrole nitrogens is 1. The number of nitrogens with zero attached hydrogens (tertiary/aromatic N) is 1. The van der Waals surface area contributed by atoms with E-state index in [1.807, 2.05) is 0 Å². The van der Waals surface area contributed by atoms with Crippen LogP contribution in [-0.2, 0) is 0 Å². The largest absolute Gasteiger partial charge is 0.494 e. The molecule has 0 saturated carbocycles. The molecule has 2 aromatic carbocycles. The van der Waals surface area contributed by atoms with E-state index in [1.165, 1.54) is 0 Å². The Bertz CT molecular complexity index is 1120. The molecular weight excluding hydrogens is 346 g/mol. The number of carbonyl (C=O) groups excluding carboxylic acids is 3. The number of aldehydes is 1. The lowest BCUT2D eigenvalue weighted by atomic mass is 9.99. The highest BCUT2D eigenvalue weighted by Crippen LogP contribution is 2.37. The summed E-state index contributed by atoms with van der Waals surface area (Å²) in [7, 11) is 0. The highest BCUT2D eigenvalue weighted by atomic mass is 16.3. The molecule has 3 aromatic rings. The second-order valence-electron chi connectivity index (χ2n) is 6.05. The predicted octanol–water partition coefficient (Wildman–Crippen LogP) is 2.29. The first kappa shape index (κ1) is 16.5. The lowest BCUT2D eigenvalue weighted by Gasteiger charge is -2.01. The Morgan fingerprint density at radius 3 is 2.22 bits per heavy atom. The second kappa shape index (κ2) is 6.06. The summed E-state index contributed by atoms with van der Waals surface area (Å²) in [5, 5.41) is 10.4. The van der Waals surface area contributed by atoms with Gasteiger partial charge in [0.05, 0.1) is 22.5 Å². The van der Waals surface area contributed by atoms with Crippen molar-refractivity contribution in [2.24, 2.45) is 10.7 Å². The van der Waals surface area contributed by atoms with Gasteiger partial charge in [0.2, 0.25) is 5.91 Å². The van der Waals surface area contributed by atoms with Gasteiger partial charge in [-0.05, 0) is 17.7 Å². The summed E-state index contributed by atoms with van der Waals surface area (Å²) in [6, 6.07) is 12.9. The lowest BCUT2D eigenvalue weighted by Crippen LogP contribution is -2.10. The van der Waals surface area contributed by atoms with Crippen LogP contribution in [0.25, 0.3) is 11.3 Å². The average Bonchev–Trinajstić information content (AvgIpc) is 3.21. The maximum Gasteiger partial charge on any atom is 0.280 e.